The van der Waals surface area contributed by atoms with Crippen molar-refractivity contribution in [2.45, 2.75) is 5.33 Å². The fourth-order valence-corrected chi connectivity index (χ4v) is 2.70. The van der Waals surface area contributed by atoms with Crippen LogP contribution in [0.15, 0.2) is 57.7 Å². The molecule has 0 fully saturated rings. The first-order valence-electron chi connectivity index (χ1n) is 6.49. The highest BCUT2D eigenvalue weighted by Gasteiger charge is 2.10. The standard InChI is InChI=1S/C17H13BrO3/c1-20-13-6-2-4-11(8-13)16-9-15(19)14-7-3-5-12(10-18)17(14)21-16/h2-9H,10H2,1H3. The van der Waals surface area contributed by atoms with Crippen molar-refractivity contribution in [1.29, 1.82) is 0 Å². The molecule has 0 aliphatic heterocycles. The van der Waals surface area contributed by atoms with E-state index in [1.807, 2.05) is 36.4 Å². The molecule has 0 saturated carbocycles. The molecule has 0 amide bonds. The van der Waals surface area contributed by atoms with Gasteiger partial charge in [-0.25, -0.2) is 0 Å². The monoisotopic (exact) mass is 344 g/mol. The van der Waals surface area contributed by atoms with E-state index in [1.54, 1.807) is 13.2 Å². The van der Waals surface area contributed by atoms with Crippen LogP contribution in [0.2, 0.25) is 0 Å². The fourth-order valence-electron chi connectivity index (χ4n) is 2.26. The lowest BCUT2D eigenvalue weighted by Gasteiger charge is -2.07. The molecule has 0 aliphatic rings. The minimum Gasteiger partial charge on any atom is -0.497 e. The third-order valence-corrected chi connectivity index (χ3v) is 3.94. The maximum Gasteiger partial charge on any atom is 0.193 e. The maximum atomic E-state index is 12.3. The van der Waals surface area contributed by atoms with E-state index in [2.05, 4.69) is 15.9 Å². The average Bonchev–Trinajstić information content (AvgIpc) is 2.54. The van der Waals surface area contributed by atoms with E-state index in [0.29, 0.717) is 22.1 Å². The van der Waals surface area contributed by atoms with Gasteiger partial charge in [0.2, 0.25) is 0 Å². The normalized spacial score (nSPS) is 10.8. The molecule has 3 nitrogen and oxygen atoms in total. The van der Waals surface area contributed by atoms with Crippen LogP contribution < -0.4 is 10.2 Å². The number of fused-ring (bicyclic) bond motifs is 1. The van der Waals surface area contributed by atoms with Gasteiger partial charge in [-0.15, -0.1) is 0 Å². The van der Waals surface area contributed by atoms with Crippen LogP contribution in [0.25, 0.3) is 22.3 Å². The molecule has 106 valence electrons. The summed E-state index contributed by atoms with van der Waals surface area (Å²) >= 11 is 3.42. The van der Waals surface area contributed by atoms with E-state index in [4.69, 9.17) is 9.15 Å². The predicted molar refractivity (Wildman–Crippen MR) is 87.1 cm³/mol. The van der Waals surface area contributed by atoms with Gasteiger partial charge in [0.15, 0.2) is 5.43 Å². The quantitative estimate of drug-likeness (QED) is 0.662. The summed E-state index contributed by atoms with van der Waals surface area (Å²) in [5.74, 6) is 1.27. The molecule has 3 aromatic rings. The lowest BCUT2D eigenvalue weighted by Crippen LogP contribution is -2.01. The SMILES string of the molecule is COc1cccc(-c2cc(=O)c3cccc(CBr)c3o2)c1. The Morgan fingerprint density at radius 2 is 1.95 bits per heavy atom. The van der Waals surface area contributed by atoms with Gasteiger partial charge >= 0.3 is 0 Å². The van der Waals surface area contributed by atoms with Crippen LogP contribution in [0.4, 0.5) is 0 Å². The Bertz CT molecular complexity index is 852. The largest absolute Gasteiger partial charge is 0.497 e. The maximum absolute atomic E-state index is 12.3. The van der Waals surface area contributed by atoms with Crippen molar-refractivity contribution in [2.24, 2.45) is 0 Å². The second kappa shape index (κ2) is 5.74. The Hall–Kier alpha value is -2.07. The predicted octanol–water partition coefficient (Wildman–Crippen LogP) is 4.36. The molecule has 2 aromatic carbocycles. The van der Waals surface area contributed by atoms with E-state index in [-0.39, 0.29) is 5.43 Å². The van der Waals surface area contributed by atoms with E-state index >= 15 is 0 Å². The van der Waals surface area contributed by atoms with Crippen LogP contribution >= 0.6 is 15.9 Å². The second-order valence-electron chi connectivity index (χ2n) is 4.63. The van der Waals surface area contributed by atoms with Gasteiger partial charge in [0, 0.05) is 22.5 Å². The zero-order valence-corrected chi connectivity index (χ0v) is 13.0. The third-order valence-electron chi connectivity index (χ3n) is 3.33. The molecule has 0 N–H and O–H groups in total. The van der Waals surface area contributed by atoms with Crippen molar-refractivity contribution in [3.8, 4) is 17.1 Å². The zero-order chi connectivity index (χ0) is 14.8. The summed E-state index contributed by atoms with van der Waals surface area (Å²) in [6.45, 7) is 0. The number of ether oxygens (including phenoxy) is 1. The number of rotatable bonds is 3. The molecule has 1 heterocycles. The first-order valence-corrected chi connectivity index (χ1v) is 7.61. The van der Waals surface area contributed by atoms with Gasteiger partial charge in [-0.3, -0.25) is 4.79 Å². The minimum atomic E-state index is -0.0446. The number of methoxy groups -OCH3 is 1. The molecular formula is C17H13BrO3. The van der Waals surface area contributed by atoms with Gasteiger partial charge in [-0.2, -0.15) is 0 Å². The van der Waals surface area contributed by atoms with Gasteiger partial charge in [0.05, 0.1) is 12.5 Å². The Morgan fingerprint density at radius 1 is 1.14 bits per heavy atom. The van der Waals surface area contributed by atoms with Crippen LogP contribution in [-0.2, 0) is 5.33 Å². The molecule has 0 saturated heterocycles. The Balaban J connectivity index is 2.26. The van der Waals surface area contributed by atoms with E-state index in [0.717, 1.165) is 16.9 Å². The van der Waals surface area contributed by atoms with E-state index in [1.165, 1.54) is 6.07 Å². The highest BCUT2D eigenvalue weighted by Crippen LogP contribution is 2.27. The number of benzene rings is 2. The molecule has 3 rings (SSSR count). The van der Waals surface area contributed by atoms with Crippen LogP contribution in [-0.4, -0.2) is 7.11 Å². The molecule has 0 bridgehead atoms. The third kappa shape index (κ3) is 2.59. The van der Waals surface area contributed by atoms with Crippen molar-refractivity contribution < 1.29 is 9.15 Å². The highest BCUT2D eigenvalue weighted by atomic mass is 79.9. The van der Waals surface area contributed by atoms with Gasteiger partial charge < -0.3 is 9.15 Å². The number of halogens is 1. The Morgan fingerprint density at radius 3 is 2.71 bits per heavy atom. The van der Waals surface area contributed by atoms with Crippen molar-refractivity contribution in [1.82, 2.24) is 0 Å². The molecular weight excluding hydrogens is 332 g/mol. The number of para-hydroxylation sites is 1. The molecule has 0 atom stereocenters. The molecule has 0 spiro atoms. The van der Waals surface area contributed by atoms with E-state index < -0.39 is 0 Å². The zero-order valence-electron chi connectivity index (χ0n) is 11.4. The lowest BCUT2D eigenvalue weighted by molar-refractivity contribution is 0.415. The average molecular weight is 345 g/mol. The molecule has 0 aliphatic carbocycles. The lowest BCUT2D eigenvalue weighted by atomic mass is 10.1. The smallest absolute Gasteiger partial charge is 0.193 e. The first kappa shape index (κ1) is 13.9. The number of alkyl halides is 1. The van der Waals surface area contributed by atoms with Crippen LogP contribution in [0.3, 0.4) is 0 Å². The molecule has 1 aromatic heterocycles. The van der Waals surface area contributed by atoms with Gasteiger partial charge in [0.25, 0.3) is 0 Å². The summed E-state index contributed by atoms with van der Waals surface area (Å²) in [4.78, 5) is 12.3. The summed E-state index contributed by atoms with van der Waals surface area (Å²) in [6.07, 6.45) is 0. The summed E-state index contributed by atoms with van der Waals surface area (Å²) in [7, 11) is 1.61. The van der Waals surface area contributed by atoms with Crippen LogP contribution in [0.5, 0.6) is 5.75 Å². The Kier molecular flexibility index (Phi) is 3.80. The number of hydrogen-bond acceptors (Lipinski definition) is 3. The van der Waals surface area contributed by atoms with Crippen molar-refractivity contribution in [2.75, 3.05) is 7.11 Å². The van der Waals surface area contributed by atoms with Crippen molar-refractivity contribution in [3.63, 3.8) is 0 Å². The van der Waals surface area contributed by atoms with Gasteiger partial charge in [-0.05, 0) is 18.2 Å². The van der Waals surface area contributed by atoms with Crippen LogP contribution in [0.1, 0.15) is 5.56 Å². The molecule has 0 unspecified atom stereocenters. The van der Waals surface area contributed by atoms with Crippen molar-refractivity contribution in [3.05, 3.63) is 64.3 Å². The topological polar surface area (TPSA) is 39.4 Å². The summed E-state index contributed by atoms with van der Waals surface area (Å²) < 4.78 is 11.2. The van der Waals surface area contributed by atoms with Gasteiger partial charge in [-0.1, -0.05) is 40.2 Å². The summed E-state index contributed by atoms with van der Waals surface area (Å²) in [5, 5.41) is 1.23. The fraction of sp³-hybridized carbons (Fsp3) is 0.118. The summed E-state index contributed by atoms with van der Waals surface area (Å²) in [5.41, 5.74) is 2.35. The van der Waals surface area contributed by atoms with Crippen molar-refractivity contribution >= 4 is 26.9 Å². The van der Waals surface area contributed by atoms with E-state index in [9.17, 15) is 4.79 Å². The first-order chi connectivity index (χ1) is 10.2. The molecule has 0 radical (unpaired) electrons. The Labute approximate surface area is 130 Å². The molecule has 4 heteroatoms. The number of hydrogen-bond donors (Lipinski definition) is 0. The molecule has 21 heavy (non-hydrogen) atoms. The minimum absolute atomic E-state index is 0.0446. The summed E-state index contributed by atoms with van der Waals surface area (Å²) in [6, 6.07) is 14.6. The second-order valence-corrected chi connectivity index (χ2v) is 5.20. The highest BCUT2D eigenvalue weighted by molar-refractivity contribution is 9.08. The van der Waals surface area contributed by atoms with Gasteiger partial charge in [0.1, 0.15) is 17.1 Å². The van der Waals surface area contributed by atoms with Crippen LogP contribution in [0, 0.1) is 0 Å².